The molecule has 1 heterocycles. The van der Waals surface area contributed by atoms with Crippen molar-refractivity contribution in [3.63, 3.8) is 0 Å². The van der Waals surface area contributed by atoms with Gasteiger partial charge < -0.3 is 14.5 Å². The summed E-state index contributed by atoms with van der Waals surface area (Å²) in [4.78, 5) is 0. The van der Waals surface area contributed by atoms with E-state index in [2.05, 4.69) is 5.32 Å². The lowest BCUT2D eigenvalue weighted by atomic mass is 10.2. The normalized spacial score (nSPS) is 13.9. The third kappa shape index (κ3) is 3.96. The Morgan fingerprint density at radius 1 is 1.50 bits per heavy atom. The van der Waals surface area contributed by atoms with Crippen LogP contribution in [0.15, 0.2) is 16.5 Å². The Kier molecular flexibility index (Phi) is 4.52. The molecule has 0 saturated carbocycles. The molecule has 0 amide bonds. The van der Waals surface area contributed by atoms with Crippen LogP contribution in [-0.2, 0) is 21.2 Å². The number of methoxy groups -OCH3 is 1. The lowest BCUT2D eigenvalue weighted by Gasteiger charge is -2.11. The first kappa shape index (κ1) is 13.2. The van der Waals surface area contributed by atoms with Gasteiger partial charge >= 0.3 is 0 Å². The summed E-state index contributed by atoms with van der Waals surface area (Å²) in [5, 5.41) is 2.92. The van der Waals surface area contributed by atoms with E-state index in [1.54, 1.807) is 26.3 Å². The Labute approximate surface area is 95.7 Å². The highest BCUT2D eigenvalue weighted by atomic mass is 32.2. The highest BCUT2D eigenvalue weighted by molar-refractivity contribution is 7.90. The lowest BCUT2D eigenvalue weighted by molar-refractivity contribution is 0.162. The third-order valence-electron chi connectivity index (χ3n) is 2.13. The van der Waals surface area contributed by atoms with Gasteiger partial charge in [0.2, 0.25) is 0 Å². The van der Waals surface area contributed by atoms with E-state index in [4.69, 9.17) is 9.15 Å². The SMILES string of the molecule is CNC(CS(C)(=O)=O)c1ccc(COC)o1. The molecule has 1 rings (SSSR count). The molecule has 0 saturated heterocycles. The average Bonchev–Trinajstić information content (AvgIpc) is 2.62. The van der Waals surface area contributed by atoms with E-state index in [0.29, 0.717) is 18.1 Å². The van der Waals surface area contributed by atoms with Crippen LogP contribution in [0.4, 0.5) is 0 Å². The van der Waals surface area contributed by atoms with Gasteiger partial charge in [-0.1, -0.05) is 0 Å². The molecule has 0 bridgehead atoms. The molecule has 0 spiro atoms. The number of furan rings is 1. The second-order valence-corrected chi connectivity index (χ2v) is 5.86. The monoisotopic (exact) mass is 247 g/mol. The van der Waals surface area contributed by atoms with Gasteiger partial charge in [-0.05, 0) is 19.2 Å². The molecule has 6 heteroatoms. The van der Waals surface area contributed by atoms with Crippen molar-refractivity contribution in [2.75, 3.05) is 26.2 Å². The van der Waals surface area contributed by atoms with Crippen LogP contribution in [-0.4, -0.2) is 34.6 Å². The fourth-order valence-corrected chi connectivity index (χ4v) is 2.35. The third-order valence-corrected chi connectivity index (χ3v) is 3.07. The number of hydrogen-bond acceptors (Lipinski definition) is 5. The highest BCUT2D eigenvalue weighted by Gasteiger charge is 2.18. The Morgan fingerprint density at radius 3 is 2.69 bits per heavy atom. The van der Waals surface area contributed by atoms with Crippen molar-refractivity contribution in [1.82, 2.24) is 5.32 Å². The maximum absolute atomic E-state index is 11.2. The van der Waals surface area contributed by atoms with Crippen molar-refractivity contribution in [3.05, 3.63) is 23.7 Å². The van der Waals surface area contributed by atoms with Crippen LogP contribution in [0.2, 0.25) is 0 Å². The van der Waals surface area contributed by atoms with Gasteiger partial charge in [0.1, 0.15) is 28.0 Å². The van der Waals surface area contributed by atoms with Crippen LogP contribution < -0.4 is 5.32 Å². The van der Waals surface area contributed by atoms with E-state index in [-0.39, 0.29) is 11.8 Å². The smallest absolute Gasteiger partial charge is 0.149 e. The second-order valence-electron chi connectivity index (χ2n) is 3.67. The van der Waals surface area contributed by atoms with Gasteiger partial charge in [-0.3, -0.25) is 0 Å². The standard InChI is InChI=1S/C10H17NO4S/c1-11-9(7-16(3,12)13)10-5-4-8(15-10)6-14-2/h4-5,9,11H,6-7H2,1-3H3. The molecule has 92 valence electrons. The Morgan fingerprint density at radius 2 is 2.19 bits per heavy atom. The van der Waals surface area contributed by atoms with Crippen molar-refractivity contribution >= 4 is 9.84 Å². The van der Waals surface area contributed by atoms with Crippen molar-refractivity contribution < 1.29 is 17.6 Å². The fourth-order valence-electron chi connectivity index (χ4n) is 1.41. The molecule has 0 aliphatic rings. The predicted octanol–water partition coefficient (Wildman–Crippen LogP) is 0.731. The molecule has 1 unspecified atom stereocenters. The van der Waals surface area contributed by atoms with Crippen LogP contribution in [0.3, 0.4) is 0 Å². The molecule has 1 aromatic heterocycles. The summed E-state index contributed by atoms with van der Waals surface area (Å²) in [6, 6.07) is 3.23. The Bertz CT molecular complexity index is 424. The molecular weight excluding hydrogens is 230 g/mol. The second kappa shape index (κ2) is 5.47. The van der Waals surface area contributed by atoms with E-state index < -0.39 is 9.84 Å². The summed E-state index contributed by atoms with van der Waals surface area (Å²) in [7, 11) is 0.240. The summed E-state index contributed by atoms with van der Waals surface area (Å²) in [5.41, 5.74) is 0. The summed E-state index contributed by atoms with van der Waals surface area (Å²) in [6.45, 7) is 0.384. The zero-order valence-corrected chi connectivity index (χ0v) is 10.5. The average molecular weight is 247 g/mol. The lowest BCUT2D eigenvalue weighted by Crippen LogP contribution is -2.24. The van der Waals surface area contributed by atoms with Crippen molar-refractivity contribution in [2.45, 2.75) is 12.6 Å². The maximum Gasteiger partial charge on any atom is 0.149 e. The minimum Gasteiger partial charge on any atom is -0.462 e. The first-order valence-electron chi connectivity index (χ1n) is 4.89. The summed E-state index contributed by atoms with van der Waals surface area (Å²) < 4.78 is 32.8. The maximum atomic E-state index is 11.2. The van der Waals surface area contributed by atoms with E-state index in [9.17, 15) is 8.42 Å². The fraction of sp³-hybridized carbons (Fsp3) is 0.600. The molecule has 0 radical (unpaired) electrons. The van der Waals surface area contributed by atoms with Gasteiger partial charge in [-0.15, -0.1) is 0 Å². The molecular formula is C10H17NO4S. The summed E-state index contributed by atoms with van der Waals surface area (Å²) >= 11 is 0. The van der Waals surface area contributed by atoms with Crippen molar-refractivity contribution in [3.8, 4) is 0 Å². The van der Waals surface area contributed by atoms with Crippen molar-refractivity contribution in [1.29, 1.82) is 0 Å². The number of sulfone groups is 1. The molecule has 1 aromatic rings. The van der Waals surface area contributed by atoms with Gasteiger partial charge in [-0.25, -0.2) is 8.42 Å². The number of rotatable bonds is 6. The minimum absolute atomic E-state index is 0.0173. The Balaban J connectivity index is 2.79. The minimum atomic E-state index is -3.04. The van der Waals surface area contributed by atoms with Crippen LogP contribution in [0, 0.1) is 0 Å². The molecule has 16 heavy (non-hydrogen) atoms. The number of hydrogen-bond donors (Lipinski definition) is 1. The number of ether oxygens (including phenoxy) is 1. The van der Waals surface area contributed by atoms with Crippen LogP contribution in [0.25, 0.3) is 0 Å². The van der Waals surface area contributed by atoms with Crippen LogP contribution in [0.1, 0.15) is 17.6 Å². The van der Waals surface area contributed by atoms with Crippen LogP contribution in [0.5, 0.6) is 0 Å². The van der Waals surface area contributed by atoms with E-state index in [1.165, 1.54) is 6.26 Å². The van der Waals surface area contributed by atoms with Crippen molar-refractivity contribution in [2.24, 2.45) is 0 Å². The van der Waals surface area contributed by atoms with E-state index in [0.717, 1.165) is 0 Å². The van der Waals surface area contributed by atoms with Gasteiger partial charge in [0, 0.05) is 13.4 Å². The summed E-state index contributed by atoms with van der Waals surface area (Å²) in [6.07, 6.45) is 1.20. The quantitative estimate of drug-likeness (QED) is 0.802. The molecule has 5 nitrogen and oxygen atoms in total. The largest absolute Gasteiger partial charge is 0.462 e. The van der Waals surface area contributed by atoms with E-state index in [1.807, 2.05) is 0 Å². The molecule has 1 N–H and O–H groups in total. The number of nitrogens with one attached hydrogen (secondary N) is 1. The molecule has 0 aliphatic carbocycles. The van der Waals surface area contributed by atoms with Gasteiger partial charge in [0.25, 0.3) is 0 Å². The first-order valence-corrected chi connectivity index (χ1v) is 6.95. The zero-order valence-electron chi connectivity index (χ0n) is 9.69. The molecule has 1 atom stereocenters. The van der Waals surface area contributed by atoms with Gasteiger partial charge in [0.15, 0.2) is 0 Å². The molecule has 0 aromatic carbocycles. The van der Waals surface area contributed by atoms with Gasteiger partial charge in [-0.2, -0.15) is 0 Å². The summed E-state index contributed by atoms with van der Waals surface area (Å²) in [5.74, 6) is 1.31. The van der Waals surface area contributed by atoms with E-state index >= 15 is 0 Å². The molecule has 0 fully saturated rings. The van der Waals surface area contributed by atoms with Gasteiger partial charge in [0.05, 0.1) is 11.8 Å². The highest BCUT2D eigenvalue weighted by Crippen LogP contribution is 2.18. The van der Waals surface area contributed by atoms with Crippen LogP contribution >= 0.6 is 0 Å². The Hall–Kier alpha value is -0.850. The zero-order chi connectivity index (χ0) is 12.2. The predicted molar refractivity (Wildman–Crippen MR) is 60.9 cm³/mol. The topological polar surface area (TPSA) is 68.5 Å². The molecule has 0 aliphatic heterocycles. The first-order chi connectivity index (χ1) is 7.46.